The summed E-state index contributed by atoms with van der Waals surface area (Å²) in [6, 6.07) is 6.52. The fourth-order valence-electron chi connectivity index (χ4n) is 2.85. The highest BCUT2D eigenvalue weighted by Crippen LogP contribution is 2.29. The summed E-state index contributed by atoms with van der Waals surface area (Å²) in [4.78, 5) is 0. The normalized spacial score (nSPS) is 26.0. The third kappa shape index (κ3) is 2.76. The van der Waals surface area contributed by atoms with Gasteiger partial charge in [-0.1, -0.05) is 18.2 Å². The van der Waals surface area contributed by atoms with Crippen molar-refractivity contribution in [2.75, 3.05) is 6.61 Å². The predicted molar refractivity (Wildman–Crippen MR) is 75.8 cm³/mol. The Balaban J connectivity index is 2.13. The van der Waals surface area contributed by atoms with Gasteiger partial charge in [0.25, 0.3) is 0 Å². The zero-order chi connectivity index (χ0) is 13.2. The highest BCUT2D eigenvalue weighted by Gasteiger charge is 2.34. The Kier molecular flexibility index (Phi) is 4.08. The fourth-order valence-corrected chi connectivity index (χ4v) is 2.85. The molecule has 1 aliphatic heterocycles. The largest absolute Gasteiger partial charge is 0.374 e. The monoisotopic (exact) mass is 247 g/mol. The lowest BCUT2D eigenvalue weighted by molar-refractivity contribution is -0.0808. The number of nitrogens with two attached hydrogens (primary N) is 1. The van der Waals surface area contributed by atoms with Gasteiger partial charge < -0.3 is 10.5 Å². The van der Waals surface area contributed by atoms with Gasteiger partial charge in [0, 0.05) is 12.6 Å². The van der Waals surface area contributed by atoms with E-state index in [0.29, 0.717) is 0 Å². The molecule has 1 saturated heterocycles. The Morgan fingerprint density at radius 2 is 1.94 bits per heavy atom. The lowest BCUT2D eigenvalue weighted by atomic mass is 9.83. The maximum atomic E-state index is 6.43. The zero-order valence-electron chi connectivity index (χ0n) is 11.8. The minimum atomic E-state index is -0.146. The van der Waals surface area contributed by atoms with Crippen molar-refractivity contribution in [3.8, 4) is 0 Å². The minimum Gasteiger partial charge on any atom is -0.374 e. The molecule has 0 spiro atoms. The van der Waals surface area contributed by atoms with Gasteiger partial charge in [-0.2, -0.15) is 0 Å². The zero-order valence-corrected chi connectivity index (χ0v) is 11.8. The van der Waals surface area contributed by atoms with E-state index >= 15 is 0 Å². The van der Waals surface area contributed by atoms with Crippen molar-refractivity contribution < 1.29 is 4.74 Å². The molecular weight excluding hydrogens is 222 g/mol. The molecule has 0 radical (unpaired) electrons. The summed E-state index contributed by atoms with van der Waals surface area (Å²) in [5, 5.41) is 0. The van der Waals surface area contributed by atoms with Crippen molar-refractivity contribution in [3.05, 3.63) is 34.9 Å². The first-order valence-corrected chi connectivity index (χ1v) is 6.97. The van der Waals surface area contributed by atoms with Crippen LogP contribution in [0.15, 0.2) is 18.2 Å². The Morgan fingerprint density at radius 1 is 1.28 bits per heavy atom. The summed E-state index contributed by atoms with van der Waals surface area (Å²) in [7, 11) is 0. The van der Waals surface area contributed by atoms with Gasteiger partial charge in [-0.15, -0.1) is 0 Å². The van der Waals surface area contributed by atoms with Crippen molar-refractivity contribution in [3.63, 3.8) is 0 Å². The van der Waals surface area contributed by atoms with Crippen LogP contribution < -0.4 is 5.73 Å². The molecule has 0 amide bonds. The van der Waals surface area contributed by atoms with Crippen LogP contribution in [0.2, 0.25) is 0 Å². The fraction of sp³-hybridized carbons (Fsp3) is 0.625. The molecule has 1 heterocycles. The lowest BCUT2D eigenvalue weighted by Crippen LogP contribution is -2.50. The molecule has 2 atom stereocenters. The van der Waals surface area contributed by atoms with E-state index in [1.165, 1.54) is 29.5 Å². The van der Waals surface area contributed by atoms with Gasteiger partial charge >= 0.3 is 0 Å². The van der Waals surface area contributed by atoms with Crippen molar-refractivity contribution in [2.24, 2.45) is 5.73 Å². The van der Waals surface area contributed by atoms with Crippen LogP contribution in [0.1, 0.15) is 42.9 Å². The van der Waals surface area contributed by atoms with Crippen LogP contribution in [-0.4, -0.2) is 18.2 Å². The number of aryl methyl sites for hydroxylation is 2. The third-order valence-electron chi connectivity index (χ3n) is 4.35. The van der Waals surface area contributed by atoms with E-state index < -0.39 is 0 Å². The predicted octanol–water partition coefficient (Wildman–Crippen LogP) is 3.13. The SMILES string of the molecule is Cc1cccc(C)c1CC(N)C1(C)CCCCO1. The van der Waals surface area contributed by atoms with E-state index in [9.17, 15) is 0 Å². The highest BCUT2D eigenvalue weighted by molar-refractivity contribution is 5.34. The van der Waals surface area contributed by atoms with E-state index in [1.807, 2.05) is 0 Å². The van der Waals surface area contributed by atoms with Crippen molar-refractivity contribution in [2.45, 2.75) is 58.1 Å². The van der Waals surface area contributed by atoms with E-state index in [1.54, 1.807) is 0 Å². The molecule has 0 bridgehead atoms. The number of ether oxygens (including phenoxy) is 1. The molecule has 2 heteroatoms. The molecule has 2 rings (SSSR count). The van der Waals surface area contributed by atoms with Crippen LogP contribution in [0.5, 0.6) is 0 Å². The van der Waals surface area contributed by atoms with Crippen molar-refractivity contribution >= 4 is 0 Å². The number of hydrogen-bond donors (Lipinski definition) is 1. The molecule has 2 nitrogen and oxygen atoms in total. The molecule has 2 N–H and O–H groups in total. The van der Waals surface area contributed by atoms with Gasteiger partial charge in [-0.25, -0.2) is 0 Å². The lowest BCUT2D eigenvalue weighted by Gasteiger charge is -2.39. The number of rotatable bonds is 3. The Morgan fingerprint density at radius 3 is 2.50 bits per heavy atom. The van der Waals surface area contributed by atoms with Crippen LogP contribution in [-0.2, 0) is 11.2 Å². The van der Waals surface area contributed by atoms with Gasteiger partial charge in [-0.05, 0) is 63.1 Å². The molecule has 0 aliphatic carbocycles. The van der Waals surface area contributed by atoms with E-state index in [2.05, 4.69) is 39.0 Å². The first-order valence-electron chi connectivity index (χ1n) is 6.97. The summed E-state index contributed by atoms with van der Waals surface area (Å²) in [5.74, 6) is 0. The summed E-state index contributed by atoms with van der Waals surface area (Å²) in [6.07, 6.45) is 4.40. The maximum absolute atomic E-state index is 6.43. The summed E-state index contributed by atoms with van der Waals surface area (Å²) in [6.45, 7) is 7.36. The first kappa shape index (κ1) is 13.6. The third-order valence-corrected chi connectivity index (χ3v) is 4.35. The summed E-state index contributed by atoms with van der Waals surface area (Å²) in [5.41, 5.74) is 10.3. The standard InChI is InChI=1S/C16H25NO/c1-12-7-6-8-13(2)14(12)11-15(17)16(3)9-4-5-10-18-16/h6-8,15H,4-5,9-11,17H2,1-3H3. The highest BCUT2D eigenvalue weighted by atomic mass is 16.5. The van der Waals surface area contributed by atoms with Gasteiger partial charge in [0.1, 0.15) is 0 Å². The Hall–Kier alpha value is -0.860. The minimum absolute atomic E-state index is 0.0811. The van der Waals surface area contributed by atoms with E-state index in [-0.39, 0.29) is 11.6 Å². The van der Waals surface area contributed by atoms with Crippen molar-refractivity contribution in [1.29, 1.82) is 0 Å². The topological polar surface area (TPSA) is 35.2 Å². The Labute approximate surface area is 111 Å². The molecule has 100 valence electrons. The van der Waals surface area contributed by atoms with Gasteiger partial charge in [0.05, 0.1) is 5.60 Å². The smallest absolute Gasteiger partial charge is 0.0807 e. The molecule has 1 fully saturated rings. The van der Waals surface area contributed by atoms with Gasteiger partial charge in [-0.3, -0.25) is 0 Å². The van der Waals surface area contributed by atoms with Crippen LogP contribution >= 0.6 is 0 Å². The molecule has 18 heavy (non-hydrogen) atoms. The summed E-state index contributed by atoms with van der Waals surface area (Å²) < 4.78 is 5.95. The Bertz CT molecular complexity index is 387. The molecule has 0 aromatic heterocycles. The van der Waals surface area contributed by atoms with Crippen molar-refractivity contribution in [1.82, 2.24) is 0 Å². The average molecular weight is 247 g/mol. The molecule has 0 saturated carbocycles. The molecule has 2 unspecified atom stereocenters. The first-order chi connectivity index (χ1) is 8.53. The van der Waals surface area contributed by atoms with Gasteiger partial charge in [0.2, 0.25) is 0 Å². The van der Waals surface area contributed by atoms with E-state index in [0.717, 1.165) is 19.4 Å². The van der Waals surface area contributed by atoms with Crippen LogP contribution in [0, 0.1) is 13.8 Å². The van der Waals surface area contributed by atoms with E-state index in [4.69, 9.17) is 10.5 Å². The van der Waals surface area contributed by atoms with Crippen LogP contribution in [0.4, 0.5) is 0 Å². The van der Waals surface area contributed by atoms with Gasteiger partial charge in [0.15, 0.2) is 0 Å². The number of hydrogen-bond acceptors (Lipinski definition) is 2. The second-order valence-corrected chi connectivity index (χ2v) is 5.80. The number of benzene rings is 1. The maximum Gasteiger partial charge on any atom is 0.0807 e. The quantitative estimate of drug-likeness (QED) is 0.890. The summed E-state index contributed by atoms with van der Waals surface area (Å²) >= 11 is 0. The molecule has 1 aromatic rings. The molecule has 1 aliphatic rings. The molecular formula is C16H25NO. The molecule has 1 aromatic carbocycles. The second kappa shape index (κ2) is 5.41. The van der Waals surface area contributed by atoms with Crippen LogP contribution in [0.3, 0.4) is 0 Å². The van der Waals surface area contributed by atoms with Crippen LogP contribution in [0.25, 0.3) is 0 Å². The average Bonchev–Trinajstić information content (AvgIpc) is 2.34. The second-order valence-electron chi connectivity index (χ2n) is 5.80.